The topological polar surface area (TPSA) is 50.8 Å². The van der Waals surface area contributed by atoms with E-state index in [2.05, 4.69) is 10.2 Å². The van der Waals surface area contributed by atoms with Crippen LogP contribution < -0.4 is 19.7 Å². The van der Waals surface area contributed by atoms with Gasteiger partial charge in [0, 0.05) is 25.8 Å². The predicted molar refractivity (Wildman–Crippen MR) is 91.6 cm³/mol. The summed E-state index contributed by atoms with van der Waals surface area (Å²) in [6.45, 7) is 1.22. The molecule has 2 aromatic rings. The van der Waals surface area contributed by atoms with Crippen molar-refractivity contribution in [2.45, 2.75) is 0 Å². The van der Waals surface area contributed by atoms with Gasteiger partial charge in [0.05, 0.1) is 14.2 Å². The monoisotopic (exact) mass is 314 g/mol. The molecule has 0 aliphatic rings. The summed E-state index contributed by atoms with van der Waals surface area (Å²) in [5.74, 6) is 0.789. The van der Waals surface area contributed by atoms with Gasteiger partial charge in [-0.3, -0.25) is 4.79 Å². The van der Waals surface area contributed by atoms with Gasteiger partial charge in [0.1, 0.15) is 17.1 Å². The quantitative estimate of drug-likeness (QED) is 0.853. The van der Waals surface area contributed by atoms with Crippen molar-refractivity contribution < 1.29 is 14.3 Å². The molecule has 5 nitrogen and oxygen atoms in total. The molecule has 0 radical (unpaired) electrons. The van der Waals surface area contributed by atoms with Gasteiger partial charge in [-0.15, -0.1) is 0 Å². The van der Waals surface area contributed by atoms with Crippen LogP contribution in [-0.4, -0.2) is 40.3 Å². The Morgan fingerprint density at radius 3 is 2.17 bits per heavy atom. The molecular formula is C18H22N2O3. The molecule has 0 atom stereocenters. The van der Waals surface area contributed by atoms with Crippen LogP contribution >= 0.6 is 0 Å². The summed E-state index contributed by atoms with van der Waals surface area (Å²) >= 11 is 0. The summed E-state index contributed by atoms with van der Waals surface area (Å²) in [5, 5.41) is 2.91. The van der Waals surface area contributed by atoms with Crippen LogP contribution in [0.25, 0.3) is 0 Å². The first kappa shape index (κ1) is 16.7. The van der Waals surface area contributed by atoms with E-state index in [0.717, 1.165) is 5.69 Å². The van der Waals surface area contributed by atoms with Gasteiger partial charge in [-0.25, -0.2) is 0 Å². The first-order valence-corrected chi connectivity index (χ1v) is 7.42. The molecule has 2 aromatic carbocycles. The Balaban J connectivity index is 1.98. The maximum atomic E-state index is 12.4. The molecule has 0 unspecified atom stereocenters. The van der Waals surface area contributed by atoms with E-state index >= 15 is 0 Å². The maximum absolute atomic E-state index is 12.4. The van der Waals surface area contributed by atoms with Crippen molar-refractivity contribution in [1.82, 2.24) is 5.32 Å². The molecule has 1 amide bonds. The van der Waals surface area contributed by atoms with E-state index < -0.39 is 0 Å². The van der Waals surface area contributed by atoms with Gasteiger partial charge in [0.15, 0.2) is 0 Å². The lowest BCUT2D eigenvalue weighted by Crippen LogP contribution is -2.33. The minimum Gasteiger partial charge on any atom is -0.496 e. The first-order valence-electron chi connectivity index (χ1n) is 7.42. The Morgan fingerprint density at radius 1 is 1.00 bits per heavy atom. The summed E-state index contributed by atoms with van der Waals surface area (Å²) < 4.78 is 10.5. The van der Waals surface area contributed by atoms with Crippen molar-refractivity contribution in [3.05, 3.63) is 54.1 Å². The first-order chi connectivity index (χ1) is 11.2. The van der Waals surface area contributed by atoms with Crippen LogP contribution in [0, 0.1) is 0 Å². The predicted octanol–water partition coefficient (Wildman–Crippen LogP) is 2.57. The summed E-state index contributed by atoms with van der Waals surface area (Å²) in [4.78, 5) is 14.5. The minimum atomic E-state index is -0.208. The van der Waals surface area contributed by atoms with E-state index in [1.54, 1.807) is 18.2 Å². The zero-order valence-electron chi connectivity index (χ0n) is 13.7. The highest BCUT2D eigenvalue weighted by Crippen LogP contribution is 2.27. The number of anilines is 1. The minimum absolute atomic E-state index is 0.208. The Morgan fingerprint density at radius 2 is 1.61 bits per heavy atom. The largest absolute Gasteiger partial charge is 0.496 e. The zero-order valence-corrected chi connectivity index (χ0v) is 13.7. The number of hydrogen-bond acceptors (Lipinski definition) is 4. The van der Waals surface area contributed by atoms with Gasteiger partial charge in [-0.2, -0.15) is 0 Å². The lowest BCUT2D eigenvalue weighted by molar-refractivity contribution is 0.0948. The molecule has 0 fully saturated rings. The van der Waals surface area contributed by atoms with Gasteiger partial charge >= 0.3 is 0 Å². The third kappa shape index (κ3) is 4.16. The molecular weight excluding hydrogens is 292 g/mol. The fraction of sp³-hybridized carbons (Fsp3) is 0.278. The molecule has 0 heterocycles. The van der Waals surface area contributed by atoms with Crippen molar-refractivity contribution in [2.75, 3.05) is 39.3 Å². The number of methoxy groups -OCH3 is 2. The lowest BCUT2D eigenvalue weighted by atomic mass is 10.1. The van der Waals surface area contributed by atoms with Crippen LogP contribution in [0.2, 0.25) is 0 Å². The van der Waals surface area contributed by atoms with Gasteiger partial charge < -0.3 is 19.7 Å². The molecule has 0 spiro atoms. The fourth-order valence-electron chi connectivity index (χ4n) is 2.31. The Hall–Kier alpha value is -2.69. The number of nitrogens with zero attached hydrogens (tertiary/aromatic N) is 1. The number of benzene rings is 2. The van der Waals surface area contributed by atoms with Gasteiger partial charge in [-0.1, -0.05) is 24.3 Å². The molecule has 5 heteroatoms. The van der Waals surface area contributed by atoms with Crippen LogP contribution in [0.1, 0.15) is 10.4 Å². The third-order valence-electron chi connectivity index (χ3n) is 3.58. The second kappa shape index (κ2) is 8.08. The molecule has 0 aliphatic heterocycles. The number of ether oxygens (including phenoxy) is 2. The molecule has 0 saturated heterocycles. The number of carbonyl (C=O) groups excluding carboxylic acids is 1. The Kier molecular flexibility index (Phi) is 5.86. The van der Waals surface area contributed by atoms with E-state index in [9.17, 15) is 4.79 Å². The van der Waals surface area contributed by atoms with Crippen molar-refractivity contribution in [2.24, 2.45) is 0 Å². The number of likely N-dealkylation sites (N-methyl/N-ethyl adjacent to an activating group) is 1. The van der Waals surface area contributed by atoms with Crippen LogP contribution in [0.15, 0.2) is 48.5 Å². The second-order valence-corrected chi connectivity index (χ2v) is 5.05. The summed E-state index contributed by atoms with van der Waals surface area (Å²) in [6, 6.07) is 15.3. The molecule has 2 rings (SSSR count). The Bertz CT molecular complexity index is 622. The van der Waals surface area contributed by atoms with E-state index in [0.29, 0.717) is 30.2 Å². The van der Waals surface area contributed by atoms with Crippen molar-refractivity contribution in [1.29, 1.82) is 0 Å². The van der Waals surface area contributed by atoms with E-state index in [-0.39, 0.29) is 5.91 Å². The highest BCUT2D eigenvalue weighted by atomic mass is 16.5. The lowest BCUT2D eigenvalue weighted by Gasteiger charge is -2.20. The summed E-state index contributed by atoms with van der Waals surface area (Å²) in [7, 11) is 5.06. The number of rotatable bonds is 7. The van der Waals surface area contributed by atoms with Crippen molar-refractivity contribution in [3.8, 4) is 11.5 Å². The van der Waals surface area contributed by atoms with Crippen LogP contribution in [0.3, 0.4) is 0 Å². The Labute approximate surface area is 136 Å². The zero-order chi connectivity index (χ0) is 16.7. The molecule has 0 bridgehead atoms. The highest BCUT2D eigenvalue weighted by molar-refractivity contribution is 5.99. The number of amides is 1. The van der Waals surface area contributed by atoms with Gasteiger partial charge in [0.25, 0.3) is 5.91 Å². The van der Waals surface area contributed by atoms with Crippen LogP contribution in [0.4, 0.5) is 5.69 Å². The maximum Gasteiger partial charge on any atom is 0.258 e. The number of hydrogen-bond donors (Lipinski definition) is 1. The van der Waals surface area contributed by atoms with Gasteiger partial charge in [-0.05, 0) is 24.3 Å². The molecule has 0 aromatic heterocycles. The summed E-state index contributed by atoms with van der Waals surface area (Å²) in [5.41, 5.74) is 1.52. The van der Waals surface area contributed by atoms with E-state index in [1.807, 2.05) is 37.4 Å². The molecule has 0 aliphatic carbocycles. The average Bonchev–Trinajstić information content (AvgIpc) is 2.61. The number of para-hydroxylation sites is 1. The third-order valence-corrected chi connectivity index (χ3v) is 3.58. The fourth-order valence-corrected chi connectivity index (χ4v) is 2.31. The summed E-state index contributed by atoms with van der Waals surface area (Å²) in [6.07, 6.45) is 0. The molecule has 23 heavy (non-hydrogen) atoms. The number of nitrogens with one attached hydrogen (secondary N) is 1. The number of carbonyl (C=O) groups is 1. The molecule has 0 saturated carbocycles. The standard InChI is InChI=1S/C18H22N2O3/c1-20(14-8-5-4-6-9-14)13-12-19-18(21)17-15(22-2)10-7-11-16(17)23-3/h4-11H,12-13H2,1-3H3,(H,19,21). The van der Waals surface area contributed by atoms with Gasteiger partial charge in [0.2, 0.25) is 0 Å². The van der Waals surface area contributed by atoms with E-state index in [4.69, 9.17) is 9.47 Å². The molecule has 1 N–H and O–H groups in total. The van der Waals surface area contributed by atoms with Crippen LogP contribution in [0.5, 0.6) is 11.5 Å². The SMILES string of the molecule is COc1cccc(OC)c1C(=O)NCCN(C)c1ccccc1. The van der Waals surface area contributed by atoms with E-state index in [1.165, 1.54) is 14.2 Å². The highest BCUT2D eigenvalue weighted by Gasteiger charge is 2.17. The van der Waals surface area contributed by atoms with Crippen molar-refractivity contribution in [3.63, 3.8) is 0 Å². The van der Waals surface area contributed by atoms with Crippen molar-refractivity contribution >= 4 is 11.6 Å². The second-order valence-electron chi connectivity index (χ2n) is 5.05. The smallest absolute Gasteiger partial charge is 0.258 e. The average molecular weight is 314 g/mol. The molecule has 122 valence electrons. The normalized spacial score (nSPS) is 10.0. The van der Waals surface area contributed by atoms with Crippen LogP contribution in [-0.2, 0) is 0 Å².